The van der Waals surface area contributed by atoms with Crippen LogP contribution in [0.2, 0.25) is 0 Å². The number of carboxylic acid groups (broad SMARTS) is 1. The monoisotopic (exact) mass is 264 g/mol. The fourth-order valence-corrected chi connectivity index (χ4v) is 2.15. The molecule has 6 heteroatoms. The number of hydrogen-bond acceptors (Lipinski definition) is 5. The lowest BCUT2D eigenvalue weighted by Crippen LogP contribution is -2.33. The quantitative estimate of drug-likeness (QED) is 0.791. The van der Waals surface area contributed by atoms with Gasteiger partial charge in [0.05, 0.1) is 7.11 Å². The molecule has 0 radical (unpaired) electrons. The van der Waals surface area contributed by atoms with E-state index < -0.39 is 11.9 Å². The maximum Gasteiger partial charge on any atom is 0.223 e. The first-order chi connectivity index (χ1) is 9.02. The van der Waals surface area contributed by atoms with Crippen molar-refractivity contribution in [1.82, 2.24) is 4.90 Å². The summed E-state index contributed by atoms with van der Waals surface area (Å²) in [5.74, 6) is -1.96. The highest BCUT2D eigenvalue weighted by Crippen LogP contribution is 2.31. The summed E-state index contributed by atoms with van der Waals surface area (Å²) in [5.41, 5.74) is 0.520. The summed E-state index contributed by atoms with van der Waals surface area (Å²) in [6.45, 7) is 0.267. The van der Waals surface area contributed by atoms with Crippen molar-refractivity contribution < 1.29 is 24.5 Å². The molecule has 6 nitrogen and oxygen atoms in total. The minimum absolute atomic E-state index is 0.0327. The largest absolute Gasteiger partial charge is 0.550 e. The molecule has 0 saturated carbocycles. The van der Waals surface area contributed by atoms with Crippen LogP contribution in [0.5, 0.6) is 11.5 Å². The molecule has 1 atom stereocenters. The van der Waals surface area contributed by atoms with Gasteiger partial charge in [-0.05, 0) is 6.07 Å². The molecule has 1 fully saturated rings. The summed E-state index contributed by atoms with van der Waals surface area (Å²) in [7, 11) is 1.44. The van der Waals surface area contributed by atoms with Crippen LogP contribution < -0.4 is 9.84 Å². The molecular formula is C13H14NO5-. The molecule has 1 saturated heterocycles. The maximum absolute atomic E-state index is 11.7. The first kappa shape index (κ1) is 13.2. The molecule has 2 rings (SSSR count). The number of phenolic OH excluding ortho intramolecular Hbond substituents is 1. The van der Waals surface area contributed by atoms with E-state index in [-0.39, 0.29) is 31.2 Å². The molecule has 0 aromatic heterocycles. The van der Waals surface area contributed by atoms with Crippen molar-refractivity contribution in [2.45, 2.75) is 13.0 Å². The van der Waals surface area contributed by atoms with Crippen LogP contribution >= 0.6 is 0 Å². The zero-order valence-corrected chi connectivity index (χ0v) is 10.5. The first-order valence-electron chi connectivity index (χ1n) is 5.86. The average Bonchev–Trinajstić information content (AvgIpc) is 2.74. The third kappa shape index (κ3) is 2.62. The topological polar surface area (TPSA) is 89.9 Å². The van der Waals surface area contributed by atoms with E-state index in [1.54, 1.807) is 18.2 Å². The second kappa shape index (κ2) is 5.17. The second-order valence-corrected chi connectivity index (χ2v) is 4.46. The number of nitrogens with zero attached hydrogens (tertiary/aromatic N) is 1. The van der Waals surface area contributed by atoms with Crippen molar-refractivity contribution in [1.29, 1.82) is 0 Å². The van der Waals surface area contributed by atoms with Crippen molar-refractivity contribution in [3.8, 4) is 11.5 Å². The number of ether oxygens (including phenoxy) is 1. The summed E-state index contributed by atoms with van der Waals surface area (Å²) < 4.78 is 4.98. The van der Waals surface area contributed by atoms with E-state index in [1.165, 1.54) is 12.0 Å². The van der Waals surface area contributed by atoms with Gasteiger partial charge in [0, 0.05) is 37.0 Å². The molecule has 1 heterocycles. The molecule has 1 aromatic carbocycles. The number of methoxy groups -OCH3 is 1. The van der Waals surface area contributed by atoms with Gasteiger partial charge in [-0.25, -0.2) is 0 Å². The van der Waals surface area contributed by atoms with E-state index in [4.69, 9.17) is 4.74 Å². The Morgan fingerprint density at radius 1 is 1.58 bits per heavy atom. The molecule has 19 heavy (non-hydrogen) atoms. The number of carbonyl (C=O) groups excluding carboxylic acids is 2. The summed E-state index contributed by atoms with van der Waals surface area (Å²) in [6.07, 6.45) is -0.0485. The lowest BCUT2D eigenvalue weighted by Gasteiger charge is -2.18. The van der Waals surface area contributed by atoms with Crippen LogP contribution in [0, 0.1) is 5.92 Å². The van der Waals surface area contributed by atoms with Crippen LogP contribution in [0.4, 0.5) is 0 Å². The predicted molar refractivity (Wildman–Crippen MR) is 63.2 cm³/mol. The Hall–Kier alpha value is -2.24. The number of carboxylic acids is 1. The van der Waals surface area contributed by atoms with E-state index in [2.05, 4.69) is 0 Å². The van der Waals surface area contributed by atoms with Gasteiger partial charge in [0.2, 0.25) is 5.91 Å². The van der Waals surface area contributed by atoms with Crippen LogP contribution in [-0.4, -0.2) is 35.5 Å². The van der Waals surface area contributed by atoms with Crippen LogP contribution in [0.25, 0.3) is 0 Å². The SMILES string of the molecule is COc1cccc(CN2C[C@@H](C(=O)[O-])CC2=O)c1O. The zero-order chi connectivity index (χ0) is 14.0. The maximum atomic E-state index is 11.7. The molecule has 1 aliphatic heterocycles. The lowest BCUT2D eigenvalue weighted by molar-refractivity contribution is -0.311. The van der Waals surface area contributed by atoms with E-state index in [0.717, 1.165) is 0 Å². The highest BCUT2D eigenvalue weighted by atomic mass is 16.5. The van der Waals surface area contributed by atoms with Crippen molar-refractivity contribution in [3.63, 3.8) is 0 Å². The van der Waals surface area contributed by atoms with Gasteiger partial charge in [-0.2, -0.15) is 0 Å². The Morgan fingerprint density at radius 2 is 2.32 bits per heavy atom. The molecule has 1 N–H and O–H groups in total. The number of rotatable bonds is 4. The number of aliphatic carboxylic acids is 1. The zero-order valence-electron chi connectivity index (χ0n) is 10.5. The van der Waals surface area contributed by atoms with Gasteiger partial charge in [-0.15, -0.1) is 0 Å². The number of para-hydroxylation sites is 1. The minimum Gasteiger partial charge on any atom is -0.550 e. The summed E-state index contributed by atoms with van der Waals surface area (Å²) in [5, 5.41) is 20.7. The van der Waals surface area contributed by atoms with Crippen molar-refractivity contribution in [3.05, 3.63) is 23.8 Å². The molecule has 1 aromatic rings. The molecule has 1 amide bonds. The van der Waals surface area contributed by atoms with Gasteiger partial charge in [0.15, 0.2) is 11.5 Å². The van der Waals surface area contributed by atoms with Crippen LogP contribution in [0.1, 0.15) is 12.0 Å². The standard InChI is InChI=1S/C13H15NO5/c1-19-10-4-2-3-8(12(10)16)6-14-7-9(13(17)18)5-11(14)15/h2-4,9,16H,5-7H2,1H3,(H,17,18)/p-1/t9-/m0/s1. The summed E-state index contributed by atoms with van der Waals surface area (Å²) in [6, 6.07) is 4.97. The molecule has 102 valence electrons. The Labute approximate surface area is 110 Å². The first-order valence-corrected chi connectivity index (χ1v) is 5.86. The number of likely N-dealkylation sites (tertiary alicyclic amines) is 1. The Kier molecular flexibility index (Phi) is 3.59. The third-order valence-corrected chi connectivity index (χ3v) is 3.21. The van der Waals surface area contributed by atoms with Gasteiger partial charge >= 0.3 is 0 Å². The molecule has 0 bridgehead atoms. The van der Waals surface area contributed by atoms with Crippen molar-refractivity contribution in [2.75, 3.05) is 13.7 Å². The highest BCUT2D eigenvalue weighted by molar-refractivity contribution is 5.85. The van der Waals surface area contributed by atoms with Gasteiger partial charge in [-0.1, -0.05) is 12.1 Å². The van der Waals surface area contributed by atoms with Gasteiger partial charge in [0.25, 0.3) is 0 Å². The summed E-state index contributed by atoms with van der Waals surface area (Å²) >= 11 is 0. The second-order valence-electron chi connectivity index (χ2n) is 4.46. The smallest absolute Gasteiger partial charge is 0.223 e. The van der Waals surface area contributed by atoms with E-state index in [1.807, 2.05) is 0 Å². The predicted octanol–water partition coefficient (Wildman–Crippen LogP) is -0.501. The number of hydrogen-bond donors (Lipinski definition) is 1. The number of carbonyl (C=O) groups is 2. The fraction of sp³-hybridized carbons (Fsp3) is 0.385. The number of aromatic hydroxyl groups is 1. The summed E-state index contributed by atoms with van der Waals surface area (Å²) in [4.78, 5) is 23.8. The molecular weight excluding hydrogens is 250 g/mol. The van der Waals surface area contributed by atoms with Gasteiger partial charge in [0.1, 0.15) is 0 Å². The van der Waals surface area contributed by atoms with Crippen molar-refractivity contribution >= 4 is 11.9 Å². The number of amides is 1. The number of benzene rings is 1. The fourth-order valence-electron chi connectivity index (χ4n) is 2.15. The molecule has 0 aliphatic carbocycles. The lowest BCUT2D eigenvalue weighted by atomic mass is 10.1. The molecule has 1 aliphatic rings. The number of phenols is 1. The normalized spacial score (nSPS) is 18.7. The van der Waals surface area contributed by atoms with E-state index in [0.29, 0.717) is 11.3 Å². The molecule has 0 spiro atoms. The van der Waals surface area contributed by atoms with Crippen LogP contribution in [0.15, 0.2) is 18.2 Å². The van der Waals surface area contributed by atoms with Crippen LogP contribution in [-0.2, 0) is 16.1 Å². The molecule has 0 unspecified atom stereocenters. The van der Waals surface area contributed by atoms with Crippen LogP contribution in [0.3, 0.4) is 0 Å². The highest BCUT2D eigenvalue weighted by Gasteiger charge is 2.30. The van der Waals surface area contributed by atoms with Gasteiger partial charge in [-0.3, -0.25) is 4.79 Å². The average molecular weight is 264 g/mol. The van der Waals surface area contributed by atoms with Gasteiger partial charge < -0.3 is 24.6 Å². The Bertz CT molecular complexity index is 514. The van der Waals surface area contributed by atoms with Crippen molar-refractivity contribution in [2.24, 2.45) is 5.92 Å². The Balaban J connectivity index is 2.14. The third-order valence-electron chi connectivity index (χ3n) is 3.21. The minimum atomic E-state index is -1.22. The van der Waals surface area contributed by atoms with E-state index in [9.17, 15) is 19.8 Å². The van der Waals surface area contributed by atoms with E-state index >= 15 is 0 Å². The Morgan fingerprint density at radius 3 is 2.89 bits per heavy atom.